The summed E-state index contributed by atoms with van der Waals surface area (Å²) in [6.07, 6.45) is 4.43. The smallest absolute Gasteiger partial charge is 0.227 e. The van der Waals surface area contributed by atoms with E-state index in [1.807, 2.05) is 59.6 Å². The highest BCUT2D eigenvalue weighted by Crippen LogP contribution is 2.29. The molecule has 1 N–H and O–H groups in total. The molecule has 2 aromatic carbocycles. The van der Waals surface area contributed by atoms with Gasteiger partial charge in [-0.15, -0.1) is 0 Å². The number of hydrogen-bond donors (Lipinski definition) is 1. The van der Waals surface area contributed by atoms with Crippen molar-refractivity contribution in [3.05, 3.63) is 84.2 Å². The third-order valence-corrected chi connectivity index (χ3v) is 6.35. The maximum absolute atomic E-state index is 13.1. The number of methoxy groups -OCH3 is 1. The summed E-state index contributed by atoms with van der Waals surface area (Å²) < 4.78 is 5.36. The topological polar surface area (TPSA) is 58.2 Å². The predicted octanol–water partition coefficient (Wildman–Crippen LogP) is 5.19. The van der Waals surface area contributed by atoms with Gasteiger partial charge in [-0.2, -0.15) is 0 Å². The zero-order valence-corrected chi connectivity index (χ0v) is 18.3. The van der Waals surface area contributed by atoms with Gasteiger partial charge in [0.1, 0.15) is 5.75 Å². The lowest BCUT2D eigenvalue weighted by Gasteiger charge is -2.32. The third-order valence-electron chi connectivity index (χ3n) is 6.35. The fraction of sp³-hybridized carbons (Fsp3) is 0.259. The maximum atomic E-state index is 13.1. The molecular formula is C27H27N3O2. The zero-order valence-electron chi connectivity index (χ0n) is 18.3. The number of fused-ring (bicyclic) bond motifs is 1. The van der Waals surface area contributed by atoms with Crippen LogP contribution < -0.4 is 4.74 Å². The molecule has 0 bridgehead atoms. The number of carbonyl (C=O) groups excluding carboxylic acids is 1. The summed E-state index contributed by atoms with van der Waals surface area (Å²) >= 11 is 0. The minimum absolute atomic E-state index is 0.184. The first-order valence-corrected chi connectivity index (χ1v) is 11.2. The highest BCUT2D eigenvalue weighted by atomic mass is 16.5. The number of nitrogens with one attached hydrogen (secondary N) is 1. The first-order valence-electron chi connectivity index (χ1n) is 11.2. The second kappa shape index (κ2) is 8.87. The van der Waals surface area contributed by atoms with Crippen molar-refractivity contribution in [3.63, 3.8) is 0 Å². The van der Waals surface area contributed by atoms with Crippen LogP contribution in [-0.2, 0) is 11.2 Å². The molecule has 1 fully saturated rings. The molecule has 2 aromatic heterocycles. The van der Waals surface area contributed by atoms with Gasteiger partial charge in [-0.3, -0.25) is 9.78 Å². The van der Waals surface area contributed by atoms with Gasteiger partial charge in [-0.1, -0.05) is 36.4 Å². The van der Waals surface area contributed by atoms with Crippen LogP contribution in [0, 0.1) is 0 Å². The van der Waals surface area contributed by atoms with Crippen molar-refractivity contribution in [2.45, 2.75) is 25.2 Å². The highest BCUT2D eigenvalue weighted by molar-refractivity contribution is 5.89. The van der Waals surface area contributed by atoms with Gasteiger partial charge in [-0.25, -0.2) is 0 Å². The summed E-state index contributed by atoms with van der Waals surface area (Å²) in [4.78, 5) is 23.4. The van der Waals surface area contributed by atoms with Crippen LogP contribution in [0.4, 0.5) is 0 Å². The van der Waals surface area contributed by atoms with Crippen molar-refractivity contribution < 1.29 is 9.53 Å². The molecule has 0 unspecified atom stereocenters. The Hall–Kier alpha value is -3.60. The van der Waals surface area contributed by atoms with E-state index >= 15 is 0 Å². The minimum atomic E-state index is 0.184. The molecule has 0 spiro atoms. The van der Waals surface area contributed by atoms with Crippen LogP contribution in [0.5, 0.6) is 5.75 Å². The number of piperidine rings is 1. The van der Waals surface area contributed by atoms with Crippen molar-refractivity contribution in [1.82, 2.24) is 14.9 Å². The first-order chi connectivity index (χ1) is 15.7. The summed E-state index contributed by atoms with van der Waals surface area (Å²) in [5, 5.41) is 1.13. The van der Waals surface area contributed by atoms with Gasteiger partial charge < -0.3 is 14.6 Å². The van der Waals surface area contributed by atoms with E-state index in [9.17, 15) is 4.79 Å². The number of aromatic amines is 1. The van der Waals surface area contributed by atoms with Gasteiger partial charge in [-0.05, 0) is 48.7 Å². The summed E-state index contributed by atoms with van der Waals surface area (Å²) in [6.45, 7) is 1.53. The normalized spacial score (nSPS) is 16.3. The van der Waals surface area contributed by atoms with Crippen LogP contribution in [-0.4, -0.2) is 41.0 Å². The number of ether oxygens (including phenoxy) is 1. The molecular weight excluding hydrogens is 398 g/mol. The lowest BCUT2D eigenvalue weighted by molar-refractivity contribution is -0.131. The van der Waals surface area contributed by atoms with E-state index < -0.39 is 0 Å². The summed E-state index contributed by atoms with van der Waals surface area (Å²) in [7, 11) is 1.67. The standard InChI is InChI=1S/C27H27N3O2/c1-32-22-9-4-7-19(15-22)24-12-5-13-25(29-24)20-8-6-14-30(18-20)27(31)16-21-17-28-26-11-3-2-10-23(21)26/h2-5,7,9-13,15,17,20,28H,6,8,14,16,18H2,1H3/t20-/m1/s1. The van der Waals surface area contributed by atoms with E-state index in [1.165, 1.54) is 0 Å². The number of pyridine rings is 1. The summed E-state index contributed by atoms with van der Waals surface area (Å²) in [5.74, 6) is 1.26. The van der Waals surface area contributed by atoms with Crippen LogP contribution in [0.1, 0.15) is 30.0 Å². The molecule has 5 nitrogen and oxygen atoms in total. The zero-order chi connectivity index (χ0) is 21.9. The van der Waals surface area contributed by atoms with Crippen LogP contribution in [0.15, 0.2) is 72.9 Å². The first kappa shape index (κ1) is 20.3. The molecule has 1 amide bonds. The van der Waals surface area contributed by atoms with Gasteiger partial charge in [0.05, 0.1) is 19.2 Å². The Balaban J connectivity index is 1.32. The lowest BCUT2D eigenvalue weighted by Crippen LogP contribution is -2.40. The number of amides is 1. The second-order valence-electron chi connectivity index (χ2n) is 8.39. The SMILES string of the molecule is COc1cccc(-c2cccc([C@@H]3CCCN(C(=O)Cc4c[nH]c5ccccc45)C3)n2)c1. The van der Waals surface area contributed by atoms with Crippen molar-refractivity contribution in [3.8, 4) is 17.0 Å². The number of likely N-dealkylation sites (tertiary alicyclic amines) is 1. The minimum Gasteiger partial charge on any atom is -0.497 e. The summed E-state index contributed by atoms with van der Waals surface area (Å²) in [6, 6.07) is 22.3. The molecule has 1 aliphatic rings. The Labute approximate surface area is 188 Å². The van der Waals surface area contributed by atoms with Crippen molar-refractivity contribution in [2.75, 3.05) is 20.2 Å². The number of benzene rings is 2. The molecule has 5 heteroatoms. The number of hydrogen-bond acceptors (Lipinski definition) is 3. The molecule has 0 saturated carbocycles. The Morgan fingerprint density at radius 2 is 2.00 bits per heavy atom. The number of nitrogens with zero attached hydrogens (tertiary/aromatic N) is 2. The van der Waals surface area contributed by atoms with E-state index in [1.54, 1.807) is 7.11 Å². The predicted molar refractivity (Wildman–Crippen MR) is 127 cm³/mol. The Kier molecular flexibility index (Phi) is 5.63. The van der Waals surface area contributed by atoms with Crippen molar-refractivity contribution in [2.24, 2.45) is 0 Å². The van der Waals surface area contributed by atoms with E-state index in [0.717, 1.165) is 65.1 Å². The Morgan fingerprint density at radius 3 is 2.91 bits per heavy atom. The van der Waals surface area contributed by atoms with E-state index in [2.05, 4.69) is 23.2 Å². The van der Waals surface area contributed by atoms with Gasteiger partial charge in [0.2, 0.25) is 5.91 Å². The number of para-hydroxylation sites is 1. The monoisotopic (exact) mass is 425 g/mol. The molecule has 1 aliphatic heterocycles. The Bertz CT molecular complexity index is 1250. The molecule has 0 aliphatic carbocycles. The average molecular weight is 426 g/mol. The second-order valence-corrected chi connectivity index (χ2v) is 8.39. The number of carbonyl (C=O) groups is 1. The molecule has 3 heterocycles. The number of aromatic nitrogens is 2. The van der Waals surface area contributed by atoms with Gasteiger partial charge in [0.25, 0.3) is 0 Å². The maximum Gasteiger partial charge on any atom is 0.227 e. The van der Waals surface area contributed by atoms with Crippen LogP contribution in [0.25, 0.3) is 22.2 Å². The van der Waals surface area contributed by atoms with Gasteiger partial charge in [0.15, 0.2) is 0 Å². The Morgan fingerprint density at radius 1 is 1.12 bits per heavy atom. The van der Waals surface area contributed by atoms with Crippen LogP contribution in [0.2, 0.25) is 0 Å². The quantitative estimate of drug-likeness (QED) is 0.479. The van der Waals surface area contributed by atoms with Gasteiger partial charge in [0, 0.05) is 47.4 Å². The van der Waals surface area contributed by atoms with Crippen molar-refractivity contribution >= 4 is 16.8 Å². The van der Waals surface area contributed by atoms with Gasteiger partial charge >= 0.3 is 0 Å². The lowest BCUT2D eigenvalue weighted by atomic mass is 9.93. The fourth-order valence-corrected chi connectivity index (χ4v) is 4.62. The molecule has 1 atom stereocenters. The molecule has 4 aromatic rings. The van der Waals surface area contributed by atoms with Crippen LogP contribution in [0.3, 0.4) is 0 Å². The van der Waals surface area contributed by atoms with E-state index in [0.29, 0.717) is 6.42 Å². The molecule has 1 saturated heterocycles. The van der Waals surface area contributed by atoms with Crippen LogP contribution >= 0.6 is 0 Å². The highest BCUT2D eigenvalue weighted by Gasteiger charge is 2.26. The molecule has 162 valence electrons. The average Bonchev–Trinajstić information content (AvgIpc) is 3.27. The number of rotatable bonds is 5. The molecule has 0 radical (unpaired) electrons. The van der Waals surface area contributed by atoms with Crippen molar-refractivity contribution in [1.29, 1.82) is 0 Å². The molecule has 5 rings (SSSR count). The third kappa shape index (κ3) is 4.11. The number of H-pyrrole nitrogens is 1. The summed E-state index contributed by atoms with van der Waals surface area (Å²) in [5.41, 5.74) is 5.16. The van der Waals surface area contributed by atoms with E-state index in [-0.39, 0.29) is 11.8 Å². The molecule has 32 heavy (non-hydrogen) atoms. The fourth-order valence-electron chi connectivity index (χ4n) is 4.62. The van der Waals surface area contributed by atoms with E-state index in [4.69, 9.17) is 9.72 Å². The largest absolute Gasteiger partial charge is 0.497 e.